The van der Waals surface area contributed by atoms with E-state index in [1.807, 2.05) is 26.1 Å². The summed E-state index contributed by atoms with van der Waals surface area (Å²) in [5, 5.41) is 3.17. The molecule has 1 heterocycles. The molecule has 1 aromatic carbocycles. The first kappa shape index (κ1) is 15.5. The number of aromatic nitrogens is 1. The monoisotopic (exact) mass is 294 g/mol. The van der Waals surface area contributed by atoms with Crippen LogP contribution in [0.1, 0.15) is 28.4 Å². The molecule has 0 fully saturated rings. The number of halogens is 3. The maximum Gasteiger partial charge on any atom is 0.416 e. The number of likely N-dealkylation sites (N-methyl/N-ethyl adjacent to an activating group) is 1. The SMILES string of the molecule is CNC(Cc1ccc(C(F)(F)F)cc1)c1ncccc1C. The van der Waals surface area contributed by atoms with Crippen LogP contribution in [0.2, 0.25) is 0 Å². The maximum absolute atomic E-state index is 12.5. The second kappa shape index (κ2) is 6.26. The van der Waals surface area contributed by atoms with E-state index in [9.17, 15) is 13.2 Å². The standard InChI is InChI=1S/C16H17F3N2/c1-11-4-3-9-21-15(11)14(20-2)10-12-5-7-13(8-6-12)16(17,18)19/h3-9,14,20H,10H2,1-2H3. The lowest BCUT2D eigenvalue weighted by molar-refractivity contribution is -0.137. The minimum absolute atomic E-state index is 0.0251. The molecule has 1 N–H and O–H groups in total. The Bertz CT molecular complexity index is 591. The molecule has 0 aliphatic heterocycles. The van der Waals surface area contributed by atoms with E-state index in [1.54, 1.807) is 6.20 Å². The first-order valence-electron chi connectivity index (χ1n) is 6.66. The lowest BCUT2D eigenvalue weighted by Crippen LogP contribution is -2.21. The van der Waals surface area contributed by atoms with Crippen molar-refractivity contribution in [3.63, 3.8) is 0 Å². The molecule has 0 saturated heterocycles. The van der Waals surface area contributed by atoms with Crippen molar-refractivity contribution >= 4 is 0 Å². The van der Waals surface area contributed by atoms with Crippen LogP contribution in [-0.4, -0.2) is 12.0 Å². The Morgan fingerprint density at radius 1 is 1.14 bits per heavy atom. The highest BCUT2D eigenvalue weighted by Crippen LogP contribution is 2.29. The molecule has 0 aliphatic carbocycles. The molecule has 1 atom stereocenters. The van der Waals surface area contributed by atoms with Crippen molar-refractivity contribution in [1.82, 2.24) is 10.3 Å². The molecular formula is C16H17F3N2. The van der Waals surface area contributed by atoms with Gasteiger partial charge in [0.05, 0.1) is 17.3 Å². The highest BCUT2D eigenvalue weighted by molar-refractivity contribution is 5.28. The van der Waals surface area contributed by atoms with Gasteiger partial charge >= 0.3 is 6.18 Å². The number of rotatable bonds is 4. The Kier molecular flexibility index (Phi) is 4.63. The summed E-state index contributed by atoms with van der Waals surface area (Å²) in [7, 11) is 1.82. The average molecular weight is 294 g/mol. The van der Waals surface area contributed by atoms with Crippen molar-refractivity contribution in [1.29, 1.82) is 0 Å². The number of aryl methyl sites for hydroxylation is 1. The number of hydrogen-bond donors (Lipinski definition) is 1. The molecule has 0 spiro atoms. The van der Waals surface area contributed by atoms with Crippen LogP contribution in [0.3, 0.4) is 0 Å². The smallest absolute Gasteiger partial charge is 0.311 e. The average Bonchev–Trinajstić information content (AvgIpc) is 2.45. The molecule has 0 amide bonds. The summed E-state index contributed by atoms with van der Waals surface area (Å²) >= 11 is 0. The predicted molar refractivity (Wildman–Crippen MR) is 75.9 cm³/mol. The Morgan fingerprint density at radius 3 is 2.33 bits per heavy atom. The van der Waals surface area contributed by atoms with E-state index >= 15 is 0 Å². The Balaban J connectivity index is 2.18. The third kappa shape index (κ3) is 3.82. The zero-order valence-corrected chi connectivity index (χ0v) is 11.9. The Morgan fingerprint density at radius 2 is 1.81 bits per heavy atom. The summed E-state index contributed by atoms with van der Waals surface area (Å²) < 4.78 is 37.6. The van der Waals surface area contributed by atoms with Gasteiger partial charge in [0.2, 0.25) is 0 Å². The maximum atomic E-state index is 12.5. The number of pyridine rings is 1. The summed E-state index contributed by atoms with van der Waals surface area (Å²) in [6.07, 6.45) is -1.98. The summed E-state index contributed by atoms with van der Waals surface area (Å²) in [5.41, 5.74) is 2.19. The molecule has 112 valence electrons. The van der Waals surface area contributed by atoms with Gasteiger partial charge in [-0.3, -0.25) is 4.98 Å². The van der Waals surface area contributed by atoms with Crippen molar-refractivity contribution in [2.75, 3.05) is 7.05 Å². The summed E-state index contributed by atoms with van der Waals surface area (Å²) in [5.74, 6) is 0. The molecule has 2 aromatic rings. The van der Waals surface area contributed by atoms with Gasteiger partial charge in [-0.05, 0) is 49.7 Å². The number of hydrogen-bond acceptors (Lipinski definition) is 2. The molecule has 1 unspecified atom stereocenters. The number of nitrogens with one attached hydrogen (secondary N) is 1. The van der Waals surface area contributed by atoms with Crippen LogP contribution in [0.15, 0.2) is 42.6 Å². The van der Waals surface area contributed by atoms with Crippen LogP contribution in [0, 0.1) is 6.92 Å². The topological polar surface area (TPSA) is 24.9 Å². The minimum Gasteiger partial charge on any atom is -0.311 e. The van der Waals surface area contributed by atoms with E-state index < -0.39 is 11.7 Å². The van der Waals surface area contributed by atoms with Gasteiger partial charge in [0.25, 0.3) is 0 Å². The number of benzene rings is 1. The van der Waals surface area contributed by atoms with Gasteiger partial charge in [0, 0.05) is 6.20 Å². The van der Waals surface area contributed by atoms with Crippen LogP contribution >= 0.6 is 0 Å². The summed E-state index contributed by atoms with van der Waals surface area (Å²) in [6, 6.07) is 9.09. The zero-order valence-electron chi connectivity index (χ0n) is 11.9. The fraction of sp³-hybridized carbons (Fsp3) is 0.312. The van der Waals surface area contributed by atoms with E-state index in [2.05, 4.69) is 10.3 Å². The Labute approximate surface area is 122 Å². The van der Waals surface area contributed by atoms with E-state index in [0.29, 0.717) is 6.42 Å². The molecule has 5 heteroatoms. The van der Waals surface area contributed by atoms with Gasteiger partial charge in [0.1, 0.15) is 0 Å². The van der Waals surface area contributed by atoms with Gasteiger partial charge in [0.15, 0.2) is 0 Å². The molecule has 2 rings (SSSR count). The van der Waals surface area contributed by atoms with Crippen molar-refractivity contribution in [3.05, 3.63) is 65.0 Å². The second-order valence-corrected chi connectivity index (χ2v) is 4.95. The van der Waals surface area contributed by atoms with Crippen LogP contribution in [-0.2, 0) is 12.6 Å². The fourth-order valence-corrected chi connectivity index (χ4v) is 2.26. The molecule has 1 aromatic heterocycles. The molecule has 0 bridgehead atoms. The third-order valence-electron chi connectivity index (χ3n) is 3.45. The van der Waals surface area contributed by atoms with Crippen LogP contribution in [0.25, 0.3) is 0 Å². The second-order valence-electron chi connectivity index (χ2n) is 4.95. The normalized spacial score (nSPS) is 13.2. The van der Waals surface area contributed by atoms with Crippen LogP contribution < -0.4 is 5.32 Å². The quantitative estimate of drug-likeness (QED) is 0.924. The van der Waals surface area contributed by atoms with E-state index in [1.165, 1.54) is 12.1 Å². The van der Waals surface area contributed by atoms with Gasteiger partial charge in [-0.25, -0.2) is 0 Å². The lowest BCUT2D eigenvalue weighted by atomic mass is 9.99. The number of alkyl halides is 3. The van der Waals surface area contributed by atoms with Crippen molar-refractivity contribution in [2.24, 2.45) is 0 Å². The minimum atomic E-state index is -4.29. The van der Waals surface area contributed by atoms with E-state index in [4.69, 9.17) is 0 Å². The molecule has 2 nitrogen and oxygen atoms in total. The first-order valence-corrected chi connectivity index (χ1v) is 6.66. The fourth-order valence-electron chi connectivity index (χ4n) is 2.26. The highest BCUT2D eigenvalue weighted by atomic mass is 19.4. The molecule has 21 heavy (non-hydrogen) atoms. The third-order valence-corrected chi connectivity index (χ3v) is 3.45. The predicted octanol–water partition coefficient (Wildman–Crippen LogP) is 3.91. The molecule has 0 saturated carbocycles. The van der Waals surface area contributed by atoms with Gasteiger partial charge in [-0.15, -0.1) is 0 Å². The zero-order chi connectivity index (χ0) is 15.5. The Hall–Kier alpha value is -1.88. The van der Waals surface area contributed by atoms with Gasteiger partial charge in [-0.1, -0.05) is 18.2 Å². The van der Waals surface area contributed by atoms with Crippen LogP contribution in [0.5, 0.6) is 0 Å². The lowest BCUT2D eigenvalue weighted by Gasteiger charge is -2.18. The largest absolute Gasteiger partial charge is 0.416 e. The summed E-state index contributed by atoms with van der Waals surface area (Å²) in [6.45, 7) is 1.97. The van der Waals surface area contributed by atoms with Crippen molar-refractivity contribution in [3.8, 4) is 0 Å². The number of nitrogens with zero attached hydrogens (tertiary/aromatic N) is 1. The van der Waals surface area contributed by atoms with E-state index in [-0.39, 0.29) is 6.04 Å². The summed E-state index contributed by atoms with van der Waals surface area (Å²) in [4.78, 5) is 4.36. The van der Waals surface area contributed by atoms with Gasteiger partial charge in [-0.2, -0.15) is 13.2 Å². The van der Waals surface area contributed by atoms with Gasteiger partial charge < -0.3 is 5.32 Å². The van der Waals surface area contributed by atoms with Crippen LogP contribution in [0.4, 0.5) is 13.2 Å². The first-order chi connectivity index (χ1) is 9.91. The van der Waals surface area contributed by atoms with Crippen molar-refractivity contribution < 1.29 is 13.2 Å². The molecule has 0 aliphatic rings. The molecular weight excluding hydrogens is 277 g/mol. The highest BCUT2D eigenvalue weighted by Gasteiger charge is 2.30. The molecule has 0 radical (unpaired) electrons. The van der Waals surface area contributed by atoms with E-state index in [0.717, 1.165) is 29.0 Å². The van der Waals surface area contributed by atoms with Crippen molar-refractivity contribution in [2.45, 2.75) is 25.6 Å².